The normalized spacial score (nSPS) is 10.6. The summed E-state index contributed by atoms with van der Waals surface area (Å²) >= 11 is 5.83. The summed E-state index contributed by atoms with van der Waals surface area (Å²) in [4.78, 5) is 0. The molecule has 0 aromatic heterocycles. The van der Waals surface area contributed by atoms with Crippen LogP contribution in [0, 0.1) is 18.6 Å². The van der Waals surface area contributed by atoms with Crippen LogP contribution in [0.2, 0.25) is 5.02 Å². The molecule has 17 heavy (non-hydrogen) atoms. The zero-order valence-electron chi connectivity index (χ0n) is 9.10. The van der Waals surface area contributed by atoms with E-state index < -0.39 is 11.6 Å². The van der Waals surface area contributed by atoms with E-state index in [0.29, 0.717) is 16.3 Å². The molecule has 2 aromatic rings. The summed E-state index contributed by atoms with van der Waals surface area (Å²) in [7, 11) is 0. The van der Waals surface area contributed by atoms with Gasteiger partial charge in [-0.15, -0.1) is 0 Å². The van der Waals surface area contributed by atoms with Crippen molar-refractivity contribution < 1.29 is 8.78 Å². The first kappa shape index (κ1) is 11.9. The summed E-state index contributed by atoms with van der Waals surface area (Å²) in [5.41, 5.74) is 6.91. The minimum atomic E-state index is -0.883. The molecule has 4 heteroatoms. The number of benzene rings is 2. The average Bonchev–Trinajstić information content (AvgIpc) is 2.24. The first-order valence-electron chi connectivity index (χ1n) is 5.00. The Bertz CT molecular complexity index is 562. The van der Waals surface area contributed by atoms with Gasteiger partial charge in [0.25, 0.3) is 0 Å². The van der Waals surface area contributed by atoms with Crippen molar-refractivity contribution in [1.82, 2.24) is 0 Å². The molecule has 0 atom stereocenters. The second-order valence-corrected chi connectivity index (χ2v) is 4.27. The molecule has 0 saturated carbocycles. The van der Waals surface area contributed by atoms with Crippen LogP contribution < -0.4 is 5.73 Å². The molecule has 0 aliphatic heterocycles. The number of anilines is 1. The van der Waals surface area contributed by atoms with Crippen LogP contribution in [0.5, 0.6) is 0 Å². The molecule has 0 bridgehead atoms. The minimum absolute atomic E-state index is 0.155. The zero-order chi connectivity index (χ0) is 12.6. The van der Waals surface area contributed by atoms with E-state index in [9.17, 15) is 8.78 Å². The predicted octanol–water partition coefficient (Wildman–Crippen LogP) is 4.18. The number of nitrogen functional groups attached to an aromatic ring is 1. The number of hydrogen-bond acceptors (Lipinski definition) is 1. The Labute approximate surface area is 103 Å². The van der Waals surface area contributed by atoms with Gasteiger partial charge in [0.15, 0.2) is 11.6 Å². The van der Waals surface area contributed by atoms with Gasteiger partial charge < -0.3 is 5.73 Å². The SMILES string of the molecule is Cc1ccc(-c2cc(N)cc(Cl)c2)c(F)c1F. The molecule has 2 rings (SSSR count). The Balaban J connectivity index is 2.64. The molecule has 2 N–H and O–H groups in total. The van der Waals surface area contributed by atoms with Gasteiger partial charge in [-0.2, -0.15) is 0 Å². The molecule has 0 saturated heterocycles. The Morgan fingerprint density at radius 1 is 1.06 bits per heavy atom. The first-order valence-corrected chi connectivity index (χ1v) is 5.38. The Kier molecular flexibility index (Phi) is 3.03. The molecule has 0 aliphatic carbocycles. The zero-order valence-corrected chi connectivity index (χ0v) is 9.85. The van der Waals surface area contributed by atoms with Crippen molar-refractivity contribution in [1.29, 1.82) is 0 Å². The number of aryl methyl sites for hydroxylation is 1. The van der Waals surface area contributed by atoms with Gasteiger partial charge in [0.1, 0.15) is 0 Å². The van der Waals surface area contributed by atoms with Crippen molar-refractivity contribution in [2.75, 3.05) is 5.73 Å². The van der Waals surface area contributed by atoms with E-state index in [0.717, 1.165) is 0 Å². The molecular formula is C13H10ClF2N. The van der Waals surface area contributed by atoms with E-state index in [-0.39, 0.29) is 11.1 Å². The topological polar surface area (TPSA) is 26.0 Å². The quantitative estimate of drug-likeness (QED) is 0.758. The predicted molar refractivity (Wildman–Crippen MR) is 66.0 cm³/mol. The van der Waals surface area contributed by atoms with Crippen LogP contribution in [0.25, 0.3) is 11.1 Å². The minimum Gasteiger partial charge on any atom is -0.399 e. The largest absolute Gasteiger partial charge is 0.399 e. The number of rotatable bonds is 1. The highest BCUT2D eigenvalue weighted by molar-refractivity contribution is 6.31. The number of nitrogens with two attached hydrogens (primary N) is 1. The highest BCUT2D eigenvalue weighted by Gasteiger charge is 2.13. The van der Waals surface area contributed by atoms with Crippen LogP contribution in [-0.2, 0) is 0 Å². The molecule has 0 unspecified atom stereocenters. The summed E-state index contributed by atoms with van der Waals surface area (Å²) in [6.07, 6.45) is 0. The maximum absolute atomic E-state index is 13.8. The fourth-order valence-electron chi connectivity index (χ4n) is 1.64. The van der Waals surface area contributed by atoms with Crippen LogP contribution in [0.1, 0.15) is 5.56 Å². The fraction of sp³-hybridized carbons (Fsp3) is 0.0769. The van der Waals surface area contributed by atoms with E-state index >= 15 is 0 Å². The Hall–Kier alpha value is -1.61. The third kappa shape index (κ3) is 2.24. The van der Waals surface area contributed by atoms with Gasteiger partial charge in [-0.25, -0.2) is 8.78 Å². The van der Waals surface area contributed by atoms with E-state index in [1.54, 1.807) is 18.2 Å². The molecule has 0 amide bonds. The molecule has 0 radical (unpaired) electrons. The van der Waals surface area contributed by atoms with Crippen LogP contribution in [0.4, 0.5) is 14.5 Å². The first-order chi connectivity index (χ1) is 7.99. The van der Waals surface area contributed by atoms with Crippen LogP contribution in [0.15, 0.2) is 30.3 Å². The average molecular weight is 254 g/mol. The molecule has 2 aromatic carbocycles. The molecular weight excluding hydrogens is 244 g/mol. The lowest BCUT2D eigenvalue weighted by molar-refractivity contribution is 0.505. The molecule has 0 spiro atoms. The molecule has 0 fully saturated rings. The summed E-state index contributed by atoms with van der Waals surface area (Å²) in [5, 5.41) is 0.389. The van der Waals surface area contributed by atoms with Gasteiger partial charge in [0.05, 0.1) is 0 Å². The van der Waals surface area contributed by atoms with E-state index in [1.807, 2.05) is 0 Å². The van der Waals surface area contributed by atoms with Gasteiger partial charge >= 0.3 is 0 Å². The standard InChI is InChI=1S/C13H10ClF2N/c1-7-2-3-11(13(16)12(7)15)8-4-9(14)6-10(17)5-8/h2-6H,17H2,1H3. The van der Waals surface area contributed by atoms with Gasteiger partial charge in [-0.05, 0) is 36.2 Å². The Morgan fingerprint density at radius 2 is 1.76 bits per heavy atom. The maximum Gasteiger partial charge on any atom is 0.166 e. The van der Waals surface area contributed by atoms with Gasteiger partial charge in [-0.1, -0.05) is 23.7 Å². The van der Waals surface area contributed by atoms with Crippen molar-refractivity contribution in [3.8, 4) is 11.1 Å². The van der Waals surface area contributed by atoms with Crippen LogP contribution in [0.3, 0.4) is 0 Å². The smallest absolute Gasteiger partial charge is 0.166 e. The van der Waals surface area contributed by atoms with Gasteiger partial charge in [-0.3, -0.25) is 0 Å². The summed E-state index contributed by atoms with van der Waals surface area (Å²) in [6.45, 7) is 1.51. The third-order valence-electron chi connectivity index (χ3n) is 2.51. The molecule has 0 aliphatic rings. The summed E-state index contributed by atoms with van der Waals surface area (Å²) in [6, 6.07) is 7.68. The lowest BCUT2D eigenvalue weighted by atomic mass is 10.0. The van der Waals surface area contributed by atoms with Crippen LogP contribution >= 0.6 is 11.6 Å². The third-order valence-corrected chi connectivity index (χ3v) is 2.72. The number of halogens is 3. The van der Waals surface area contributed by atoms with Crippen molar-refractivity contribution in [3.05, 3.63) is 52.6 Å². The molecule has 88 valence electrons. The summed E-state index contributed by atoms with van der Waals surface area (Å²) < 4.78 is 27.2. The fourth-order valence-corrected chi connectivity index (χ4v) is 1.88. The second kappa shape index (κ2) is 4.34. The van der Waals surface area contributed by atoms with Gasteiger partial charge in [0, 0.05) is 16.3 Å². The lowest BCUT2D eigenvalue weighted by Gasteiger charge is -2.07. The highest BCUT2D eigenvalue weighted by Crippen LogP contribution is 2.29. The molecule has 1 nitrogen and oxygen atoms in total. The Morgan fingerprint density at radius 3 is 2.41 bits per heavy atom. The summed E-state index contributed by atoms with van der Waals surface area (Å²) in [5.74, 6) is -1.73. The van der Waals surface area contributed by atoms with E-state index in [2.05, 4.69) is 0 Å². The van der Waals surface area contributed by atoms with E-state index in [4.69, 9.17) is 17.3 Å². The van der Waals surface area contributed by atoms with E-state index in [1.165, 1.54) is 19.1 Å². The van der Waals surface area contributed by atoms with Crippen LogP contribution in [-0.4, -0.2) is 0 Å². The second-order valence-electron chi connectivity index (χ2n) is 3.83. The lowest BCUT2D eigenvalue weighted by Crippen LogP contribution is -1.94. The highest BCUT2D eigenvalue weighted by atomic mass is 35.5. The maximum atomic E-state index is 13.8. The molecule has 0 heterocycles. The van der Waals surface area contributed by atoms with Gasteiger partial charge in [0.2, 0.25) is 0 Å². The van der Waals surface area contributed by atoms with Crippen molar-refractivity contribution in [3.63, 3.8) is 0 Å². The van der Waals surface area contributed by atoms with Crippen molar-refractivity contribution in [2.45, 2.75) is 6.92 Å². The van der Waals surface area contributed by atoms with Crippen molar-refractivity contribution in [2.24, 2.45) is 0 Å². The monoisotopic (exact) mass is 253 g/mol. The number of hydrogen-bond donors (Lipinski definition) is 1. The van der Waals surface area contributed by atoms with Crippen molar-refractivity contribution >= 4 is 17.3 Å².